The Labute approximate surface area is 98.6 Å². The highest BCUT2D eigenvalue weighted by molar-refractivity contribution is 5.74. The van der Waals surface area contributed by atoms with Gasteiger partial charge >= 0.3 is 6.03 Å². The van der Waals surface area contributed by atoms with E-state index in [-0.39, 0.29) is 12.1 Å². The molecule has 4 nitrogen and oxygen atoms in total. The third kappa shape index (κ3) is 3.11. The van der Waals surface area contributed by atoms with Gasteiger partial charge < -0.3 is 16.0 Å². The lowest BCUT2D eigenvalue weighted by Gasteiger charge is -2.23. The third-order valence-corrected chi connectivity index (χ3v) is 3.71. The standard InChI is InChI=1S/C12H25N3O/c1-8(2)10(4)14-12(16)15-6-9(3)11(5-13)7-15/h8-11H,5-7,13H2,1-4H3,(H,14,16)/t9-,10?,11-/m1/s1. The van der Waals surface area contributed by atoms with Crippen LogP contribution in [0.15, 0.2) is 0 Å². The maximum absolute atomic E-state index is 11.9. The van der Waals surface area contributed by atoms with E-state index in [2.05, 4.69) is 26.1 Å². The van der Waals surface area contributed by atoms with Crippen molar-refractivity contribution < 1.29 is 4.79 Å². The number of nitrogens with zero attached hydrogens (tertiary/aromatic N) is 1. The van der Waals surface area contributed by atoms with Gasteiger partial charge in [0, 0.05) is 19.1 Å². The first kappa shape index (κ1) is 13.3. The number of hydrogen-bond donors (Lipinski definition) is 2. The van der Waals surface area contributed by atoms with E-state index in [0.29, 0.717) is 24.3 Å². The zero-order valence-electron chi connectivity index (χ0n) is 10.9. The average Bonchev–Trinajstić information content (AvgIpc) is 2.59. The molecular weight excluding hydrogens is 202 g/mol. The molecule has 1 aliphatic heterocycles. The van der Waals surface area contributed by atoms with Crippen molar-refractivity contribution >= 4 is 6.03 Å². The van der Waals surface area contributed by atoms with Crippen LogP contribution in [0, 0.1) is 17.8 Å². The molecule has 94 valence electrons. The second-order valence-corrected chi connectivity index (χ2v) is 5.36. The Morgan fingerprint density at radius 1 is 1.44 bits per heavy atom. The fraction of sp³-hybridized carbons (Fsp3) is 0.917. The second kappa shape index (κ2) is 5.53. The molecule has 1 fully saturated rings. The van der Waals surface area contributed by atoms with Gasteiger partial charge in [0.2, 0.25) is 0 Å². The molecule has 1 aliphatic rings. The number of carbonyl (C=O) groups is 1. The van der Waals surface area contributed by atoms with Gasteiger partial charge in [-0.2, -0.15) is 0 Å². The van der Waals surface area contributed by atoms with E-state index >= 15 is 0 Å². The van der Waals surface area contributed by atoms with Gasteiger partial charge in [0.25, 0.3) is 0 Å². The Hall–Kier alpha value is -0.770. The summed E-state index contributed by atoms with van der Waals surface area (Å²) in [6.07, 6.45) is 0. The first-order chi connectivity index (χ1) is 7.45. The summed E-state index contributed by atoms with van der Waals surface area (Å²) in [5.74, 6) is 1.44. The molecule has 0 saturated carbocycles. The fourth-order valence-electron chi connectivity index (χ4n) is 1.96. The molecule has 4 heteroatoms. The summed E-state index contributed by atoms with van der Waals surface area (Å²) < 4.78 is 0. The molecule has 1 saturated heterocycles. The van der Waals surface area contributed by atoms with Gasteiger partial charge in [-0.1, -0.05) is 20.8 Å². The maximum atomic E-state index is 11.9. The number of hydrogen-bond acceptors (Lipinski definition) is 2. The van der Waals surface area contributed by atoms with Crippen molar-refractivity contribution in [3.8, 4) is 0 Å². The Balaban J connectivity index is 2.44. The monoisotopic (exact) mass is 227 g/mol. The van der Waals surface area contributed by atoms with E-state index in [9.17, 15) is 4.79 Å². The number of nitrogens with one attached hydrogen (secondary N) is 1. The minimum absolute atomic E-state index is 0.0593. The third-order valence-electron chi connectivity index (χ3n) is 3.71. The number of carbonyl (C=O) groups excluding carboxylic acids is 1. The molecular formula is C12H25N3O. The highest BCUT2D eigenvalue weighted by atomic mass is 16.2. The molecule has 0 aromatic rings. The summed E-state index contributed by atoms with van der Waals surface area (Å²) in [4.78, 5) is 13.8. The molecule has 2 amide bonds. The minimum atomic E-state index is 0.0593. The summed E-state index contributed by atoms with van der Waals surface area (Å²) in [7, 11) is 0. The Bertz CT molecular complexity index is 242. The van der Waals surface area contributed by atoms with Gasteiger partial charge in [0.15, 0.2) is 0 Å². The topological polar surface area (TPSA) is 58.4 Å². The van der Waals surface area contributed by atoms with Gasteiger partial charge in [-0.3, -0.25) is 0 Å². The lowest BCUT2D eigenvalue weighted by Crippen LogP contribution is -2.44. The van der Waals surface area contributed by atoms with Crippen LogP contribution >= 0.6 is 0 Å². The predicted molar refractivity (Wildman–Crippen MR) is 66.1 cm³/mol. The first-order valence-electron chi connectivity index (χ1n) is 6.21. The van der Waals surface area contributed by atoms with Gasteiger partial charge in [-0.25, -0.2) is 4.79 Å². The summed E-state index contributed by atoms with van der Waals surface area (Å²) >= 11 is 0. The molecule has 0 aromatic heterocycles. The first-order valence-corrected chi connectivity index (χ1v) is 6.21. The molecule has 0 aliphatic carbocycles. The van der Waals surface area contributed by atoms with Crippen molar-refractivity contribution in [2.75, 3.05) is 19.6 Å². The van der Waals surface area contributed by atoms with Crippen molar-refractivity contribution in [3.05, 3.63) is 0 Å². The highest BCUT2D eigenvalue weighted by Gasteiger charge is 2.31. The van der Waals surface area contributed by atoms with Crippen LogP contribution in [0.3, 0.4) is 0 Å². The molecule has 1 rings (SSSR count). The van der Waals surface area contributed by atoms with Crippen LogP contribution in [0.2, 0.25) is 0 Å². The van der Waals surface area contributed by atoms with Gasteiger partial charge in [-0.05, 0) is 31.2 Å². The number of urea groups is 1. The number of nitrogens with two attached hydrogens (primary N) is 1. The van der Waals surface area contributed by atoms with Crippen molar-refractivity contribution in [2.24, 2.45) is 23.5 Å². The molecule has 0 bridgehead atoms. The molecule has 0 radical (unpaired) electrons. The molecule has 3 N–H and O–H groups in total. The van der Waals surface area contributed by atoms with Crippen molar-refractivity contribution in [1.29, 1.82) is 0 Å². The normalized spacial score (nSPS) is 27.2. The van der Waals surface area contributed by atoms with E-state index in [4.69, 9.17) is 5.73 Å². The molecule has 3 atom stereocenters. The van der Waals surface area contributed by atoms with Crippen LogP contribution in [0.5, 0.6) is 0 Å². The van der Waals surface area contributed by atoms with E-state index in [1.54, 1.807) is 0 Å². The number of likely N-dealkylation sites (tertiary alicyclic amines) is 1. The predicted octanol–water partition coefficient (Wildman–Crippen LogP) is 1.27. The molecule has 0 aromatic carbocycles. The summed E-state index contributed by atoms with van der Waals surface area (Å²) in [5, 5.41) is 3.03. The Morgan fingerprint density at radius 3 is 2.50 bits per heavy atom. The van der Waals surface area contributed by atoms with Crippen LogP contribution in [0.25, 0.3) is 0 Å². The molecule has 0 spiro atoms. The molecule has 1 heterocycles. The summed E-state index contributed by atoms with van der Waals surface area (Å²) in [5.41, 5.74) is 5.68. The zero-order chi connectivity index (χ0) is 12.3. The van der Waals surface area contributed by atoms with Gasteiger partial charge in [0.1, 0.15) is 0 Å². The molecule has 1 unspecified atom stereocenters. The second-order valence-electron chi connectivity index (χ2n) is 5.36. The summed E-state index contributed by atoms with van der Waals surface area (Å²) in [6, 6.07) is 0.281. The van der Waals surface area contributed by atoms with Crippen LogP contribution in [-0.4, -0.2) is 36.6 Å². The van der Waals surface area contributed by atoms with Crippen molar-refractivity contribution in [3.63, 3.8) is 0 Å². The van der Waals surface area contributed by atoms with Crippen molar-refractivity contribution in [1.82, 2.24) is 10.2 Å². The minimum Gasteiger partial charge on any atom is -0.335 e. The Kier molecular flexibility index (Phi) is 4.59. The largest absolute Gasteiger partial charge is 0.335 e. The van der Waals surface area contributed by atoms with Crippen molar-refractivity contribution in [2.45, 2.75) is 33.7 Å². The van der Waals surface area contributed by atoms with E-state index in [0.717, 1.165) is 13.1 Å². The van der Waals surface area contributed by atoms with E-state index in [1.807, 2.05) is 11.8 Å². The van der Waals surface area contributed by atoms with Crippen LogP contribution in [0.4, 0.5) is 4.79 Å². The lowest BCUT2D eigenvalue weighted by molar-refractivity contribution is 0.200. The number of rotatable bonds is 3. The number of amides is 2. The summed E-state index contributed by atoms with van der Waals surface area (Å²) in [6.45, 7) is 10.7. The highest BCUT2D eigenvalue weighted by Crippen LogP contribution is 2.21. The maximum Gasteiger partial charge on any atom is 0.317 e. The van der Waals surface area contributed by atoms with Crippen LogP contribution in [0.1, 0.15) is 27.7 Å². The zero-order valence-corrected chi connectivity index (χ0v) is 10.9. The molecule has 16 heavy (non-hydrogen) atoms. The Morgan fingerprint density at radius 2 is 2.06 bits per heavy atom. The smallest absolute Gasteiger partial charge is 0.317 e. The van der Waals surface area contributed by atoms with Crippen LogP contribution < -0.4 is 11.1 Å². The fourth-order valence-corrected chi connectivity index (χ4v) is 1.96. The van der Waals surface area contributed by atoms with E-state index < -0.39 is 0 Å². The average molecular weight is 227 g/mol. The lowest BCUT2D eigenvalue weighted by atomic mass is 9.99. The van der Waals surface area contributed by atoms with Crippen LogP contribution in [-0.2, 0) is 0 Å². The van der Waals surface area contributed by atoms with Gasteiger partial charge in [0.05, 0.1) is 0 Å². The SMILES string of the molecule is CC(C)C(C)NC(=O)N1C[C@@H](CN)[C@H](C)C1. The van der Waals surface area contributed by atoms with E-state index in [1.165, 1.54) is 0 Å². The quantitative estimate of drug-likeness (QED) is 0.763. The van der Waals surface area contributed by atoms with Gasteiger partial charge in [-0.15, -0.1) is 0 Å².